The standard InChI is InChI=1S/C23H26N4O3S/c1-2-27-22(30)18(21(29)24-23(27)31)13-16-14-26(19-10-6-5-9-17(16)19)15-20(28)25-11-7-3-4-8-12-25/h5-6,9-10,13-14H,2-4,7-8,11-12,15H2,1H3,(H,24,29,31)/b18-13+. The molecule has 0 spiro atoms. The third-order valence-electron chi connectivity index (χ3n) is 5.89. The van der Waals surface area contributed by atoms with Crippen molar-refractivity contribution in [2.45, 2.75) is 39.2 Å². The van der Waals surface area contributed by atoms with Crippen molar-refractivity contribution in [3.05, 3.63) is 41.6 Å². The maximum atomic E-state index is 12.9. The number of amides is 3. The molecule has 8 heteroatoms. The number of likely N-dealkylation sites (tertiary alicyclic amines) is 1. The van der Waals surface area contributed by atoms with Crippen molar-refractivity contribution < 1.29 is 14.4 Å². The summed E-state index contributed by atoms with van der Waals surface area (Å²) in [7, 11) is 0. The van der Waals surface area contributed by atoms with Crippen LogP contribution in [-0.4, -0.2) is 56.8 Å². The molecule has 3 amide bonds. The van der Waals surface area contributed by atoms with Gasteiger partial charge < -0.3 is 9.47 Å². The van der Waals surface area contributed by atoms with Crippen LogP contribution in [0.2, 0.25) is 0 Å². The molecule has 2 aliphatic heterocycles. The van der Waals surface area contributed by atoms with E-state index in [9.17, 15) is 14.4 Å². The SMILES string of the molecule is CCN1C(=O)/C(=C/c2cn(CC(=O)N3CCCCCC3)c3ccccc23)C(=O)NC1=S. The minimum atomic E-state index is -0.503. The predicted octanol–water partition coefficient (Wildman–Crippen LogP) is 2.69. The van der Waals surface area contributed by atoms with Gasteiger partial charge >= 0.3 is 0 Å². The Kier molecular flexibility index (Phi) is 6.18. The van der Waals surface area contributed by atoms with Gasteiger partial charge in [-0.15, -0.1) is 0 Å². The summed E-state index contributed by atoms with van der Waals surface area (Å²) in [6.45, 7) is 4.02. The summed E-state index contributed by atoms with van der Waals surface area (Å²) in [5.41, 5.74) is 1.66. The summed E-state index contributed by atoms with van der Waals surface area (Å²) in [6, 6.07) is 7.70. The zero-order valence-corrected chi connectivity index (χ0v) is 18.4. The number of hydrogen-bond donors (Lipinski definition) is 1. The van der Waals surface area contributed by atoms with E-state index in [0.717, 1.165) is 42.4 Å². The number of nitrogens with one attached hydrogen (secondary N) is 1. The molecule has 0 bridgehead atoms. The maximum Gasteiger partial charge on any atom is 0.265 e. The van der Waals surface area contributed by atoms with E-state index in [1.165, 1.54) is 17.7 Å². The molecule has 2 saturated heterocycles. The summed E-state index contributed by atoms with van der Waals surface area (Å²) in [5, 5.41) is 3.59. The molecule has 31 heavy (non-hydrogen) atoms. The van der Waals surface area contributed by atoms with Crippen molar-refractivity contribution in [1.82, 2.24) is 19.7 Å². The molecule has 2 aliphatic rings. The lowest BCUT2D eigenvalue weighted by molar-refractivity contribution is -0.132. The number of likely N-dealkylation sites (N-methyl/N-ethyl adjacent to an activating group) is 1. The lowest BCUT2D eigenvalue weighted by Gasteiger charge is -2.27. The van der Waals surface area contributed by atoms with Gasteiger partial charge in [0.15, 0.2) is 5.11 Å². The van der Waals surface area contributed by atoms with Gasteiger partial charge in [-0.05, 0) is 44.1 Å². The zero-order valence-electron chi connectivity index (χ0n) is 17.6. The van der Waals surface area contributed by atoms with E-state index in [-0.39, 0.29) is 23.1 Å². The molecule has 0 aliphatic carbocycles. The summed E-state index contributed by atoms with van der Waals surface area (Å²) in [6.07, 6.45) is 7.87. The van der Waals surface area contributed by atoms with Crippen LogP contribution in [0.4, 0.5) is 0 Å². The van der Waals surface area contributed by atoms with E-state index >= 15 is 0 Å². The largest absolute Gasteiger partial charge is 0.341 e. The summed E-state index contributed by atoms with van der Waals surface area (Å²) < 4.78 is 1.91. The van der Waals surface area contributed by atoms with Gasteiger partial charge in [0.05, 0.1) is 0 Å². The number of benzene rings is 1. The van der Waals surface area contributed by atoms with Gasteiger partial charge in [-0.1, -0.05) is 31.0 Å². The second-order valence-electron chi connectivity index (χ2n) is 7.89. The van der Waals surface area contributed by atoms with Gasteiger partial charge in [0.2, 0.25) is 5.91 Å². The first kappa shape index (κ1) is 21.2. The van der Waals surface area contributed by atoms with Crippen molar-refractivity contribution in [3.63, 3.8) is 0 Å². The van der Waals surface area contributed by atoms with Crippen LogP contribution in [0.25, 0.3) is 17.0 Å². The van der Waals surface area contributed by atoms with Gasteiger partial charge in [0, 0.05) is 42.3 Å². The second-order valence-corrected chi connectivity index (χ2v) is 8.28. The molecule has 0 radical (unpaired) electrons. The Morgan fingerprint density at radius 1 is 1.13 bits per heavy atom. The van der Waals surface area contributed by atoms with Crippen LogP contribution >= 0.6 is 12.2 Å². The van der Waals surface area contributed by atoms with E-state index in [2.05, 4.69) is 5.32 Å². The van der Waals surface area contributed by atoms with Crippen LogP contribution in [0.15, 0.2) is 36.0 Å². The highest BCUT2D eigenvalue weighted by Crippen LogP contribution is 2.25. The monoisotopic (exact) mass is 438 g/mol. The molecule has 2 fully saturated rings. The molecule has 4 rings (SSSR count). The van der Waals surface area contributed by atoms with E-state index in [0.29, 0.717) is 6.54 Å². The van der Waals surface area contributed by atoms with Crippen molar-refractivity contribution in [3.8, 4) is 0 Å². The Hall–Kier alpha value is -3.00. The molecule has 0 unspecified atom stereocenters. The fourth-order valence-electron chi connectivity index (χ4n) is 4.22. The smallest absolute Gasteiger partial charge is 0.265 e. The minimum Gasteiger partial charge on any atom is -0.341 e. The average molecular weight is 439 g/mol. The number of carbonyl (C=O) groups excluding carboxylic acids is 3. The highest BCUT2D eigenvalue weighted by atomic mass is 32.1. The first-order valence-corrected chi connectivity index (χ1v) is 11.1. The highest BCUT2D eigenvalue weighted by molar-refractivity contribution is 7.80. The normalized spacial score (nSPS) is 19.1. The van der Waals surface area contributed by atoms with Crippen LogP contribution in [0.5, 0.6) is 0 Å². The van der Waals surface area contributed by atoms with E-state index in [4.69, 9.17) is 12.2 Å². The van der Waals surface area contributed by atoms with E-state index in [1.807, 2.05) is 39.9 Å². The number of thiocarbonyl (C=S) groups is 1. The lowest BCUT2D eigenvalue weighted by atomic mass is 10.1. The molecule has 7 nitrogen and oxygen atoms in total. The quantitative estimate of drug-likeness (QED) is 0.453. The zero-order chi connectivity index (χ0) is 22.0. The second kappa shape index (κ2) is 9.01. The lowest BCUT2D eigenvalue weighted by Crippen LogP contribution is -2.53. The van der Waals surface area contributed by atoms with Crippen LogP contribution in [-0.2, 0) is 20.9 Å². The molecule has 3 heterocycles. The summed E-state index contributed by atoms with van der Waals surface area (Å²) in [5.74, 6) is -0.818. The Labute approximate surface area is 186 Å². The molecular weight excluding hydrogens is 412 g/mol. The van der Waals surface area contributed by atoms with Gasteiger partial charge in [-0.2, -0.15) is 0 Å². The Balaban J connectivity index is 1.67. The molecule has 0 atom stereocenters. The molecule has 1 aromatic carbocycles. The van der Waals surface area contributed by atoms with Crippen molar-refractivity contribution in [2.75, 3.05) is 19.6 Å². The number of rotatable bonds is 4. The number of nitrogens with zero attached hydrogens (tertiary/aromatic N) is 3. The number of fused-ring (bicyclic) bond motifs is 1. The summed E-state index contributed by atoms with van der Waals surface area (Å²) >= 11 is 5.10. The fourth-order valence-corrected chi connectivity index (χ4v) is 4.53. The van der Waals surface area contributed by atoms with E-state index in [1.54, 1.807) is 13.0 Å². The average Bonchev–Trinajstić information content (AvgIpc) is 2.92. The fraction of sp³-hybridized carbons (Fsp3) is 0.391. The van der Waals surface area contributed by atoms with E-state index < -0.39 is 11.8 Å². The van der Waals surface area contributed by atoms with Gasteiger partial charge in [0.25, 0.3) is 11.8 Å². The number of aromatic nitrogens is 1. The van der Waals surface area contributed by atoms with Crippen LogP contribution < -0.4 is 5.32 Å². The maximum absolute atomic E-state index is 12.9. The predicted molar refractivity (Wildman–Crippen MR) is 123 cm³/mol. The topological polar surface area (TPSA) is 74.7 Å². The Bertz CT molecular complexity index is 1080. The first-order chi connectivity index (χ1) is 15.0. The molecule has 162 valence electrons. The van der Waals surface area contributed by atoms with Gasteiger partial charge in [-0.25, -0.2) is 0 Å². The highest BCUT2D eigenvalue weighted by Gasteiger charge is 2.32. The van der Waals surface area contributed by atoms with Gasteiger partial charge in [0.1, 0.15) is 12.1 Å². The number of para-hydroxylation sites is 1. The Morgan fingerprint density at radius 2 is 1.84 bits per heavy atom. The molecular formula is C23H26N4O3S. The third kappa shape index (κ3) is 4.25. The van der Waals surface area contributed by atoms with Crippen molar-refractivity contribution in [2.24, 2.45) is 0 Å². The van der Waals surface area contributed by atoms with Crippen LogP contribution in [0.1, 0.15) is 38.2 Å². The number of hydrogen-bond acceptors (Lipinski definition) is 4. The first-order valence-electron chi connectivity index (χ1n) is 10.7. The minimum absolute atomic E-state index is 0.0391. The summed E-state index contributed by atoms with van der Waals surface area (Å²) in [4.78, 5) is 41.5. The third-order valence-corrected chi connectivity index (χ3v) is 6.21. The van der Waals surface area contributed by atoms with Crippen LogP contribution in [0.3, 0.4) is 0 Å². The number of carbonyl (C=O) groups is 3. The molecule has 0 saturated carbocycles. The molecule has 1 aromatic heterocycles. The van der Waals surface area contributed by atoms with Crippen molar-refractivity contribution in [1.29, 1.82) is 0 Å². The van der Waals surface area contributed by atoms with Crippen LogP contribution in [0, 0.1) is 0 Å². The Morgan fingerprint density at radius 3 is 2.55 bits per heavy atom. The molecule has 1 N–H and O–H groups in total. The van der Waals surface area contributed by atoms with Crippen molar-refractivity contribution >= 4 is 52.0 Å². The molecule has 2 aromatic rings. The van der Waals surface area contributed by atoms with Gasteiger partial charge in [-0.3, -0.25) is 24.6 Å².